The van der Waals surface area contributed by atoms with E-state index in [1.54, 1.807) is 7.05 Å². The maximum atomic E-state index is 12.3. The molecule has 2 heterocycles. The lowest BCUT2D eigenvalue weighted by atomic mass is 10.2. The lowest BCUT2D eigenvalue weighted by Crippen LogP contribution is -2.29. The summed E-state index contributed by atoms with van der Waals surface area (Å²) in [6.07, 6.45) is 0.861. The molecular formula is C17H21N5O2. The molecule has 0 radical (unpaired) electrons. The number of benzene rings is 1. The van der Waals surface area contributed by atoms with E-state index in [0.29, 0.717) is 30.2 Å². The van der Waals surface area contributed by atoms with Crippen molar-refractivity contribution in [2.24, 2.45) is 7.05 Å². The first kappa shape index (κ1) is 16.0. The number of fused-ring (bicyclic) bond motifs is 1. The molecule has 0 aliphatic rings. The van der Waals surface area contributed by atoms with Crippen LogP contribution in [0.3, 0.4) is 0 Å². The van der Waals surface area contributed by atoms with Gasteiger partial charge in [0.15, 0.2) is 11.2 Å². The van der Waals surface area contributed by atoms with Crippen molar-refractivity contribution in [2.75, 3.05) is 11.9 Å². The molecule has 0 aliphatic heterocycles. The number of nitrogens with zero attached hydrogens (tertiary/aromatic N) is 4. The molecule has 0 spiro atoms. The van der Waals surface area contributed by atoms with Crippen LogP contribution in [0.2, 0.25) is 0 Å². The first-order valence-electron chi connectivity index (χ1n) is 7.97. The van der Waals surface area contributed by atoms with E-state index in [9.17, 15) is 9.59 Å². The number of aryl methyl sites for hydroxylation is 2. The molecule has 7 heteroatoms. The fourth-order valence-electron chi connectivity index (χ4n) is 2.88. The monoisotopic (exact) mass is 327 g/mol. The highest BCUT2D eigenvalue weighted by Gasteiger charge is 2.19. The predicted octanol–water partition coefficient (Wildman–Crippen LogP) is 1.47. The van der Waals surface area contributed by atoms with Crippen LogP contribution in [-0.2, 0) is 20.1 Å². The van der Waals surface area contributed by atoms with Gasteiger partial charge in [0.1, 0.15) is 0 Å². The van der Waals surface area contributed by atoms with Gasteiger partial charge in [-0.25, -0.2) is 4.79 Å². The number of hydrogen-bond donors (Lipinski definition) is 1. The molecule has 1 aromatic carbocycles. The summed E-state index contributed by atoms with van der Waals surface area (Å²) in [6.45, 7) is 3.37. The minimum absolute atomic E-state index is 0.395. The second-order valence-corrected chi connectivity index (χ2v) is 5.90. The van der Waals surface area contributed by atoms with Gasteiger partial charge < -0.3 is 9.47 Å². The van der Waals surface area contributed by atoms with Gasteiger partial charge in [0, 0.05) is 27.2 Å². The van der Waals surface area contributed by atoms with Gasteiger partial charge in [0.25, 0.3) is 5.56 Å². The molecule has 0 amide bonds. The molecule has 0 aliphatic carbocycles. The average molecular weight is 327 g/mol. The van der Waals surface area contributed by atoms with Crippen LogP contribution in [0.1, 0.15) is 18.9 Å². The summed E-state index contributed by atoms with van der Waals surface area (Å²) in [7, 11) is 3.55. The fourth-order valence-corrected chi connectivity index (χ4v) is 2.88. The van der Waals surface area contributed by atoms with Crippen molar-refractivity contribution in [1.82, 2.24) is 19.1 Å². The Bertz CT molecular complexity index is 968. The van der Waals surface area contributed by atoms with Crippen molar-refractivity contribution in [3.8, 4) is 0 Å². The smallest absolute Gasteiger partial charge is 0.329 e. The molecule has 2 aromatic heterocycles. The lowest BCUT2D eigenvalue weighted by Gasteiger charge is -2.19. The van der Waals surface area contributed by atoms with Gasteiger partial charge in [-0.3, -0.25) is 14.3 Å². The number of anilines is 1. The zero-order valence-corrected chi connectivity index (χ0v) is 14.1. The molecule has 0 atom stereocenters. The van der Waals surface area contributed by atoms with Crippen molar-refractivity contribution in [1.29, 1.82) is 0 Å². The van der Waals surface area contributed by atoms with Crippen LogP contribution in [-0.4, -0.2) is 26.1 Å². The number of H-pyrrole nitrogens is 1. The Morgan fingerprint density at radius 1 is 1.21 bits per heavy atom. The van der Waals surface area contributed by atoms with Crippen molar-refractivity contribution < 1.29 is 0 Å². The third kappa shape index (κ3) is 2.73. The van der Waals surface area contributed by atoms with Gasteiger partial charge in [-0.1, -0.05) is 37.3 Å². The van der Waals surface area contributed by atoms with Gasteiger partial charge >= 0.3 is 5.69 Å². The molecule has 7 nitrogen and oxygen atoms in total. The molecule has 0 saturated carbocycles. The topological polar surface area (TPSA) is 75.9 Å². The lowest BCUT2D eigenvalue weighted by molar-refractivity contribution is 0.676. The number of aromatic amines is 1. The Morgan fingerprint density at radius 3 is 2.58 bits per heavy atom. The second kappa shape index (κ2) is 6.35. The van der Waals surface area contributed by atoms with Gasteiger partial charge in [-0.2, -0.15) is 4.98 Å². The van der Waals surface area contributed by atoms with E-state index in [0.717, 1.165) is 12.0 Å². The molecule has 126 valence electrons. The van der Waals surface area contributed by atoms with Gasteiger partial charge in [0.05, 0.1) is 0 Å². The van der Waals surface area contributed by atoms with Crippen LogP contribution < -0.4 is 16.1 Å². The number of nitrogens with one attached hydrogen (secondary N) is 1. The highest BCUT2D eigenvalue weighted by atomic mass is 16.2. The number of imidazole rings is 1. The number of rotatable bonds is 5. The minimum atomic E-state index is -0.453. The summed E-state index contributed by atoms with van der Waals surface area (Å²) < 4.78 is 3.26. The molecule has 0 unspecified atom stereocenters. The van der Waals surface area contributed by atoms with Crippen LogP contribution in [0.15, 0.2) is 39.9 Å². The summed E-state index contributed by atoms with van der Waals surface area (Å²) in [6, 6.07) is 10.1. The Hall–Kier alpha value is -2.83. The number of aromatic nitrogens is 4. The Morgan fingerprint density at radius 2 is 1.92 bits per heavy atom. The van der Waals surface area contributed by atoms with Crippen molar-refractivity contribution in [3.05, 3.63) is 56.7 Å². The summed E-state index contributed by atoms with van der Waals surface area (Å²) in [5.74, 6) is 0.683. The van der Waals surface area contributed by atoms with Gasteiger partial charge in [-0.15, -0.1) is 0 Å². The second-order valence-electron chi connectivity index (χ2n) is 5.90. The summed E-state index contributed by atoms with van der Waals surface area (Å²) in [5, 5.41) is 0. The third-order valence-corrected chi connectivity index (χ3v) is 4.04. The molecule has 3 rings (SSSR count). The standard InChI is InChI=1S/C17H21N5O2/c1-4-10-22-13-14(21(3)17(24)19-15(13)23)18-16(22)20(2)11-12-8-6-5-7-9-12/h5-9H,4,10-11H2,1-3H3,(H,19,23,24). The van der Waals surface area contributed by atoms with Gasteiger partial charge in [0.2, 0.25) is 5.95 Å². The van der Waals surface area contributed by atoms with E-state index in [1.807, 2.05) is 53.8 Å². The quantitative estimate of drug-likeness (QED) is 0.770. The van der Waals surface area contributed by atoms with Gasteiger partial charge in [-0.05, 0) is 12.0 Å². The molecular weight excluding hydrogens is 306 g/mol. The van der Waals surface area contributed by atoms with Crippen molar-refractivity contribution in [3.63, 3.8) is 0 Å². The first-order valence-corrected chi connectivity index (χ1v) is 7.97. The van der Waals surface area contributed by atoms with E-state index >= 15 is 0 Å². The Labute approximate surface area is 139 Å². The molecule has 0 fully saturated rings. The largest absolute Gasteiger partial charge is 0.341 e. The summed E-state index contributed by atoms with van der Waals surface area (Å²) in [4.78, 5) is 33.1. The minimum Gasteiger partial charge on any atom is -0.341 e. The maximum absolute atomic E-state index is 12.3. The maximum Gasteiger partial charge on any atom is 0.329 e. The molecule has 1 N–H and O–H groups in total. The first-order chi connectivity index (χ1) is 11.5. The third-order valence-electron chi connectivity index (χ3n) is 4.04. The van der Waals surface area contributed by atoms with E-state index in [-0.39, 0.29) is 0 Å². The summed E-state index contributed by atoms with van der Waals surface area (Å²) in [5.41, 5.74) is 1.15. The Kier molecular flexibility index (Phi) is 4.24. The predicted molar refractivity (Wildman–Crippen MR) is 94.4 cm³/mol. The average Bonchev–Trinajstić information content (AvgIpc) is 2.94. The van der Waals surface area contributed by atoms with E-state index in [2.05, 4.69) is 9.97 Å². The zero-order valence-electron chi connectivity index (χ0n) is 14.1. The molecule has 3 aromatic rings. The fraction of sp³-hybridized carbons (Fsp3) is 0.353. The highest BCUT2D eigenvalue weighted by Crippen LogP contribution is 2.20. The van der Waals surface area contributed by atoms with Crippen LogP contribution >= 0.6 is 0 Å². The molecule has 0 saturated heterocycles. The summed E-state index contributed by atoms with van der Waals surface area (Å²) >= 11 is 0. The van der Waals surface area contributed by atoms with Crippen molar-refractivity contribution >= 4 is 17.1 Å². The normalized spacial score (nSPS) is 11.1. The van der Waals surface area contributed by atoms with Crippen LogP contribution in [0.5, 0.6) is 0 Å². The van der Waals surface area contributed by atoms with Crippen molar-refractivity contribution in [2.45, 2.75) is 26.4 Å². The van der Waals surface area contributed by atoms with Crippen LogP contribution in [0.4, 0.5) is 5.95 Å². The van der Waals surface area contributed by atoms with E-state index < -0.39 is 11.2 Å². The van der Waals surface area contributed by atoms with Crippen LogP contribution in [0, 0.1) is 0 Å². The zero-order chi connectivity index (χ0) is 17.3. The molecule has 24 heavy (non-hydrogen) atoms. The van der Waals surface area contributed by atoms with E-state index in [4.69, 9.17) is 0 Å². The number of hydrogen-bond acceptors (Lipinski definition) is 4. The van der Waals surface area contributed by atoms with Crippen LogP contribution in [0.25, 0.3) is 11.2 Å². The highest BCUT2D eigenvalue weighted by molar-refractivity contribution is 5.74. The SMILES string of the molecule is CCCn1c(N(C)Cc2ccccc2)nc2c1c(=O)[nH]c(=O)n2C. The Balaban J connectivity index is 2.15. The van der Waals surface area contributed by atoms with E-state index in [1.165, 1.54) is 4.57 Å². The molecule has 0 bridgehead atoms.